The van der Waals surface area contributed by atoms with Crippen molar-refractivity contribution in [1.82, 2.24) is 15.2 Å². The number of hydrogen-bond acceptors (Lipinski definition) is 6. The van der Waals surface area contributed by atoms with Crippen LogP contribution in [-0.4, -0.2) is 66.1 Å². The summed E-state index contributed by atoms with van der Waals surface area (Å²) in [5.74, 6) is -2.56. The Bertz CT molecular complexity index is 1040. The van der Waals surface area contributed by atoms with Crippen molar-refractivity contribution in [2.45, 2.75) is 50.0 Å². The fourth-order valence-corrected chi connectivity index (χ4v) is 5.01. The summed E-state index contributed by atoms with van der Waals surface area (Å²) in [6.45, 7) is 1.99. The maximum Gasteiger partial charge on any atom is 0.305 e. The van der Waals surface area contributed by atoms with Crippen molar-refractivity contribution in [1.29, 1.82) is 0 Å². The Hall–Kier alpha value is -3.27. The van der Waals surface area contributed by atoms with Gasteiger partial charge in [0.15, 0.2) is 9.84 Å². The molecule has 1 unspecified atom stereocenters. The van der Waals surface area contributed by atoms with Crippen LogP contribution >= 0.6 is 0 Å². The number of pyridine rings is 1. The second-order valence-corrected chi connectivity index (χ2v) is 10.0. The van der Waals surface area contributed by atoms with Gasteiger partial charge in [-0.05, 0) is 49.1 Å². The molecule has 2 rings (SSSR count). The van der Waals surface area contributed by atoms with Gasteiger partial charge < -0.3 is 15.3 Å². The van der Waals surface area contributed by atoms with E-state index in [0.717, 1.165) is 5.56 Å². The maximum atomic E-state index is 12.7. The van der Waals surface area contributed by atoms with Crippen molar-refractivity contribution in [3.63, 3.8) is 0 Å². The molecule has 2 aromatic rings. The zero-order valence-electron chi connectivity index (χ0n) is 19.2. The Morgan fingerprint density at radius 1 is 1.09 bits per heavy atom. The van der Waals surface area contributed by atoms with Crippen molar-refractivity contribution >= 4 is 27.6 Å². The molecule has 0 spiro atoms. The third kappa shape index (κ3) is 9.30. The molecule has 0 aliphatic carbocycles. The highest BCUT2D eigenvalue weighted by atomic mass is 32.2. The molecule has 10 heteroatoms. The average molecular weight is 490 g/mol. The summed E-state index contributed by atoms with van der Waals surface area (Å²) in [6, 6.07) is 10.3. The van der Waals surface area contributed by atoms with Crippen LogP contribution in [0.2, 0.25) is 0 Å². The Kier molecular flexibility index (Phi) is 10.7. The number of nitrogens with one attached hydrogen (secondary N) is 1. The number of aliphatic carboxylic acids is 1. The number of carboxylic acid groups (broad SMARTS) is 1. The van der Waals surface area contributed by atoms with E-state index in [9.17, 15) is 27.9 Å². The maximum absolute atomic E-state index is 12.7. The van der Waals surface area contributed by atoms with E-state index in [1.54, 1.807) is 30.6 Å². The molecular weight excluding hydrogens is 458 g/mol. The number of carbonyl (C=O) groups excluding carboxylic acids is 2. The molecule has 9 nitrogen and oxygen atoms in total. The first kappa shape index (κ1) is 27.0. The molecule has 0 bridgehead atoms. The molecule has 184 valence electrons. The predicted molar refractivity (Wildman–Crippen MR) is 127 cm³/mol. The summed E-state index contributed by atoms with van der Waals surface area (Å²) < 4.78 is 25.3. The van der Waals surface area contributed by atoms with E-state index in [1.807, 2.05) is 19.1 Å². The number of carbonyl (C=O) groups is 3. The standard InChI is InChI=1S/C24H31N3O6S/c1-2-15-27(23(29)10-6-7-19-11-13-25-14-12-19)17-22(28)26-20(16-24(30)31)18-34(32,33)21-8-4-3-5-9-21/h3-5,8-9,11-14,20H,2,6-7,10,15-18H2,1H3,(H,26,28)(H,30,31). The van der Waals surface area contributed by atoms with Gasteiger partial charge in [0.05, 0.1) is 29.7 Å². The molecule has 0 aliphatic heterocycles. The summed E-state index contributed by atoms with van der Waals surface area (Å²) in [5.41, 5.74) is 1.07. The topological polar surface area (TPSA) is 134 Å². The molecule has 1 aromatic heterocycles. The van der Waals surface area contributed by atoms with E-state index in [1.165, 1.54) is 17.0 Å². The van der Waals surface area contributed by atoms with Crippen LogP contribution in [0.5, 0.6) is 0 Å². The number of hydrogen-bond donors (Lipinski definition) is 2. The third-order valence-electron chi connectivity index (χ3n) is 5.10. The highest BCUT2D eigenvalue weighted by Crippen LogP contribution is 2.13. The van der Waals surface area contributed by atoms with Gasteiger partial charge in [0.25, 0.3) is 0 Å². The van der Waals surface area contributed by atoms with Crippen LogP contribution in [0.3, 0.4) is 0 Å². The minimum atomic E-state index is -3.81. The van der Waals surface area contributed by atoms with Crippen LogP contribution < -0.4 is 5.32 Å². The van der Waals surface area contributed by atoms with Gasteiger partial charge in [-0.1, -0.05) is 25.1 Å². The molecule has 0 saturated heterocycles. The van der Waals surface area contributed by atoms with Crippen LogP contribution in [0.1, 0.15) is 38.2 Å². The lowest BCUT2D eigenvalue weighted by Crippen LogP contribution is -2.47. The first-order valence-electron chi connectivity index (χ1n) is 11.2. The summed E-state index contributed by atoms with van der Waals surface area (Å²) in [4.78, 5) is 42.0. The van der Waals surface area contributed by atoms with E-state index in [4.69, 9.17) is 0 Å². The molecule has 0 aliphatic rings. The lowest BCUT2D eigenvalue weighted by atomic mass is 10.1. The number of nitrogens with zero attached hydrogens (tertiary/aromatic N) is 2. The molecule has 0 fully saturated rings. The minimum Gasteiger partial charge on any atom is -0.481 e. The Labute approximate surface area is 200 Å². The lowest BCUT2D eigenvalue weighted by molar-refractivity contribution is -0.139. The van der Waals surface area contributed by atoms with E-state index < -0.39 is 39.9 Å². The normalized spacial score (nSPS) is 12.0. The lowest BCUT2D eigenvalue weighted by Gasteiger charge is -2.24. The van der Waals surface area contributed by atoms with Gasteiger partial charge in [-0.3, -0.25) is 19.4 Å². The van der Waals surface area contributed by atoms with Crippen molar-refractivity contribution < 1.29 is 27.9 Å². The van der Waals surface area contributed by atoms with Gasteiger partial charge >= 0.3 is 5.97 Å². The molecule has 1 heterocycles. The van der Waals surface area contributed by atoms with E-state index >= 15 is 0 Å². The zero-order valence-corrected chi connectivity index (χ0v) is 20.0. The average Bonchev–Trinajstić information content (AvgIpc) is 2.79. The fourth-order valence-electron chi connectivity index (χ4n) is 3.51. The number of benzene rings is 1. The number of rotatable bonds is 14. The smallest absolute Gasteiger partial charge is 0.305 e. The van der Waals surface area contributed by atoms with Gasteiger partial charge in [-0.2, -0.15) is 0 Å². The number of carboxylic acids is 1. The molecule has 1 aromatic carbocycles. The SMILES string of the molecule is CCCN(CC(=O)NC(CC(=O)O)CS(=O)(=O)c1ccccc1)C(=O)CCCc1ccncc1. The third-order valence-corrected chi connectivity index (χ3v) is 6.93. The highest BCUT2D eigenvalue weighted by molar-refractivity contribution is 7.91. The first-order valence-corrected chi connectivity index (χ1v) is 12.8. The summed E-state index contributed by atoms with van der Waals surface area (Å²) in [6.07, 6.45) is 5.05. The Morgan fingerprint density at radius 3 is 2.38 bits per heavy atom. The summed E-state index contributed by atoms with van der Waals surface area (Å²) in [7, 11) is -3.81. The Morgan fingerprint density at radius 2 is 1.76 bits per heavy atom. The predicted octanol–water partition coefficient (Wildman–Crippen LogP) is 2.08. The van der Waals surface area contributed by atoms with E-state index in [-0.39, 0.29) is 23.8 Å². The summed E-state index contributed by atoms with van der Waals surface area (Å²) in [5, 5.41) is 11.7. The van der Waals surface area contributed by atoms with Gasteiger partial charge in [0, 0.05) is 25.4 Å². The summed E-state index contributed by atoms with van der Waals surface area (Å²) >= 11 is 0. The molecule has 2 N–H and O–H groups in total. The van der Waals surface area contributed by atoms with Gasteiger partial charge in [0.2, 0.25) is 11.8 Å². The molecule has 1 atom stereocenters. The highest BCUT2D eigenvalue weighted by Gasteiger charge is 2.26. The molecule has 0 radical (unpaired) electrons. The largest absolute Gasteiger partial charge is 0.481 e. The van der Waals surface area contributed by atoms with Crippen LogP contribution in [0, 0.1) is 0 Å². The monoisotopic (exact) mass is 489 g/mol. The molecule has 34 heavy (non-hydrogen) atoms. The number of sulfone groups is 1. The van der Waals surface area contributed by atoms with E-state index in [2.05, 4.69) is 10.3 Å². The van der Waals surface area contributed by atoms with Crippen LogP contribution in [0.15, 0.2) is 59.8 Å². The number of aromatic nitrogens is 1. The molecule has 2 amide bonds. The molecular formula is C24H31N3O6S. The number of aryl methyl sites for hydroxylation is 1. The first-order chi connectivity index (χ1) is 16.2. The zero-order chi connectivity index (χ0) is 25.0. The van der Waals surface area contributed by atoms with Crippen molar-refractivity contribution in [2.75, 3.05) is 18.8 Å². The second-order valence-electron chi connectivity index (χ2n) is 7.98. The second kappa shape index (κ2) is 13.4. The van der Waals surface area contributed by atoms with Gasteiger partial charge in [-0.15, -0.1) is 0 Å². The van der Waals surface area contributed by atoms with Crippen LogP contribution in [0.4, 0.5) is 0 Å². The quantitative estimate of drug-likeness (QED) is 0.415. The minimum absolute atomic E-state index is 0.0524. The number of amides is 2. The fraction of sp³-hybridized carbons (Fsp3) is 0.417. The van der Waals surface area contributed by atoms with Gasteiger partial charge in [-0.25, -0.2) is 8.42 Å². The van der Waals surface area contributed by atoms with Crippen LogP contribution in [-0.2, 0) is 30.6 Å². The van der Waals surface area contributed by atoms with Gasteiger partial charge in [0.1, 0.15) is 0 Å². The van der Waals surface area contributed by atoms with E-state index in [0.29, 0.717) is 25.8 Å². The Balaban J connectivity index is 1.97. The van der Waals surface area contributed by atoms with Crippen LogP contribution in [0.25, 0.3) is 0 Å². The molecule has 0 saturated carbocycles. The van der Waals surface area contributed by atoms with Crippen molar-refractivity contribution in [2.24, 2.45) is 0 Å². The van der Waals surface area contributed by atoms with Crippen molar-refractivity contribution in [3.05, 3.63) is 60.4 Å². The van der Waals surface area contributed by atoms with Crippen molar-refractivity contribution in [3.8, 4) is 0 Å².